The molecule has 1 aromatic heterocycles. The normalized spacial score (nSPS) is 23.8. The van der Waals surface area contributed by atoms with Crippen molar-refractivity contribution in [2.75, 3.05) is 39.3 Å². The molecule has 0 unspecified atom stereocenters. The molecule has 1 aromatic carbocycles. The van der Waals surface area contributed by atoms with Crippen LogP contribution in [0.1, 0.15) is 44.1 Å². The van der Waals surface area contributed by atoms with E-state index in [1.165, 1.54) is 29.1 Å². The predicted molar refractivity (Wildman–Crippen MR) is 142 cm³/mol. The van der Waals surface area contributed by atoms with E-state index in [-0.39, 0.29) is 28.6 Å². The van der Waals surface area contributed by atoms with Crippen molar-refractivity contribution in [2.45, 2.75) is 61.7 Å². The summed E-state index contributed by atoms with van der Waals surface area (Å²) in [6.07, 6.45) is 5.48. The number of thiophene rings is 1. The smallest absolute Gasteiger partial charge is 0.251 e. The van der Waals surface area contributed by atoms with Crippen LogP contribution in [-0.2, 0) is 19.6 Å². The minimum absolute atomic E-state index is 0.00791. The van der Waals surface area contributed by atoms with Crippen molar-refractivity contribution < 1.29 is 18.0 Å². The van der Waals surface area contributed by atoms with E-state index in [0.717, 1.165) is 49.1 Å². The number of nitrogens with one attached hydrogen (secondary N) is 1. The first-order chi connectivity index (χ1) is 17.2. The molecule has 3 saturated heterocycles. The molecule has 196 valence electrons. The summed E-state index contributed by atoms with van der Waals surface area (Å²) in [4.78, 5) is 32.3. The molecule has 3 aliphatic heterocycles. The van der Waals surface area contributed by atoms with Crippen LogP contribution < -0.4 is 4.72 Å². The lowest BCUT2D eigenvalue weighted by molar-refractivity contribution is -0.143. The molecule has 3 fully saturated rings. The highest BCUT2D eigenvalue weighted by Gasteiger charge is 2.37. The summed E-state index contributed by atoms with van der Waals surface area (Å²) in [5.41, 5.74) is 0.623. The summed E-state index contributed by atoms with van der Waals surface area (Å²) in [6.45, 7) is 6.05. The van der Waals surface area contributed by atoms with Crippen LogP contribution in [0.3, 0.4) is 0 Å². The van der Waals surface area contributed by atoms with Crippen LogP contribution in [0.2, 0.25) is 5.02 Å². The van der Waals surface area contributed by atoms with Gasteiger partial charge in [0.15, 0.2) is 0 Å². The third-order valence-corrected chi connectivity index (χ3v) is 11.2. The van der Waals surface area contributed by atoms with Gasteiger partial charge >= 0.3 is 0 Å². The maximum Gasteiger partial charge on any atom is 0.251 e. The number of hydrogen-bond acceptors (Lipinski definition) is 6. The van der Waals surface area contributed by atoms with Gasteiger partial charge in [-0.25, -0.2) is 8.42 Å². The molecule has 5 rings (SSSR count). The van der Waals surface area contributed by atoms with Gasteiger partial charge in [-0.15, -0.1) is 11.3 Å². The number of sulfonamides is 1. The summed E-state index contributed by atoms with van der Waals surface area (Å²) in [5.74, 6) is -0.360. The van der Waals surface area contributed by atoms with Gasteiger partial charge in [0.25, 0.3) is 10.0 Å². The molecule has 2 aromatic rings. The number of carbonyl (C=O) groups is 2. The Morgan fingerprint density at radius 2 is 1.86 bits per heavy atom. The minimum atomic E-state index is -3.91. The number of carbonyl (C=O) groups excluding carboxylic acids is 2. The summed E-state index contributed by atoms with van der Waals surface area (Å²) in [6, 6.07) is 4.64. The van der Waals surface area contributed by atoms with Crippen LogP contribution in [-0.4, -0.2) is 86.3 Å². The van der Waals surface area contributed by atoms with Crippen molar-refractivity contribution >= 4 is 54.9 Å². The third-order valence-electron chi connectivity index (χ3n) is 7.62. The molecule has 36 heavy (non-hydrogen) atoms. The maximum absolute atomic E-state index is 13.3. The Morgan fingerprint density at radius 3 is 2.64 bits per heavy atom. The van der Waals surface area contributed by atoms with Gasteiger partial charge in [0.05, 0.1) is 6.54 Å². The monoisotopic (exact) mass is 552 g/mol. The van der Waals surface area contributed by atoms with Gasteiger partial charge in [0.1, 0.15) is 10.3 Å². The molecule has 3 aliphatic rings. The lowest BCUT2D eigenvalue weighted by Crippen LogP contribution is -2.55. The topological polar surface area (TPSA) is 90.0 Å². The zero-order chi connectivity index (χ0) is 25.4. The Labute approximate surface area is 221 Å². The van der Waals surface area contributed by atoms with Crippen molar-refractivity contribution in [1.29, 1.82) is 0 Å². The van der Waals surface area contributed by atoms with Crippen LogP contribution in [0.4, 0.5) is 0 Å². The van der Waals surface area contributed by atoms with E-state index in [1.54, 1.807) is 19.1 Å². The fourth-order valence-corrected chi connectivity index (χ4v) is 8.90. The number of fused-ring (bicyclic) bond motifs is 1. The van der Waals surface area contributed by atoms with Gasteiger partial charge in [-0.1, -0.05) is 11.6 Å². The molecule has 2 atom stereocenters. The number of benzene rings is 1. The molecular weight excluding hydrogens is 520 g/mol. The average molecular weight is 553 g/mol. The van der Waals surface area contributed by atoms with E-state index in [1.807, 2.05) is 11.0 Å². The number of halogens is 1. The quantitative estimate of drug-likeness (QED) is 0.569. The van der Waals surface area contributed by atoms with Gasteiger partial charge in [0, 0.05) is 35.4 Å². The van der Waals surface area contributed by atoms with Crippen molar-refractivity contribution in [3.8, 4) is 0 Å². The zero-order valence-corrected chi connectivity index (χ0v) is 22.9. The van der Waals surface area contributed by atoms with E-state index in [0.29, 0.717) is 30.0 Å². The summed E-state index contributed by atoms with van der Waals surface area (Å²) >= 11 is 7.27. The zero-order valence-electron chi connectivity index (χ0n) is 20.5. The second-order valence-corrected chi connectivity index (χ2v) is 13.5. The number of rotatable bonds is 7. The Balaban J connectivity index is 1.25. The van der Waals surface area contributed by atoms with E-state index in [9.17, 15) is 18.0 Å². The van der Waals surface area contributed by atoms with Crippen molar-refractivity contribution in [1.82, 2.24) is 19.4 Å². The molecule has 1 N–H and O–H groups in total. The second kappa shape index (κ2) is 10.6. The average Bonchev–Trinajstić information content (AvgIpc) is 3.58. The van der Waals surface area contributed by atoms with Crippen LogP contribution >= 0.6 is 22.9 Å². The summed E-state index contributed by atoms with van der Waals surface area (Å²) < 4.78 is 30.2. The first-order valence-electron chi connectivity index (χ1n) is 12.7. The van der Waals surface area contributed by atoms with E-state index < -0.39 is 16.1 Å². The highest BCUT2D eigenvalue weighted by Crippen LogP contribution is 2.35. The lowest BCUT2D eigenvalue weighted by atomic mass is 10.1. The predicted octanol–water partition coefficient (Wildman–Crippen LogP) is 3.22. The first-order valence-corrected chi connectivity index (χ1v) is 15.4. The molecule has 0 bridgehead atoms. The fraction of sp³-hybridized carbons (Fsp3) is 0.600. The van der Waals surface area contributed by atoms with E-state index in [4.69, 9.17) is 11.6 Å². The van der Waals surface area contributed by atoms with E-state index in [2.05, 4.69) is 9.62 Å². The maximum atomic E-state index is 13.3. The van der Waals surface area contributed by atoms with Crippen LogP contribution in [0, 0.1) is 6.92 Å². The summed E-state index contributed by atoms with van der Waals surface area (Å²) in [7, 11) is -3.91. The van der Waals surface area contributed by atoms with Gasteiger partial charge in [-0.2, -0.15) is 4.72 Å². The molecule has 0 radical (unpaired) electrons. The number of hydrogen-bond donors (Lipinski definition) is 1. The highest BCUT2D eigenvalue weighted by molar-refractivity contribution is 7.91. The number of likely N-dealkylation sites (tertiary alicyclic amines) is 3. The molecule has 0 aliphatic carbocycles. The number of aryl methyl sites for hydroxylation is 1. The number of nitrogens with zero attached hydrogens (tertiary/aromatic N) is 3. The Kier molecular flexibility index (Phi) is 7.61. The molecule has 2 amide bonds. The van der Waals surface area contributed by atoms with Gasteiger partial charge in [0.2, 0.25) is 11.8 Å². The van der Waals surface area contributed by atoms with Gasteiger partial charge in [-0.05, 0) is 87.7 Å². The molecule has 11 heteroatoms. The summed E-state index contributed by atoms with van der Waals surface area (Å²) in [5, 5.41) is 1.34. The van der Waals surface area contributed by atoms with Crippen LogP contribution in [0.5, 0.6) is 0 Å². The standard InChI is InChI=1S/C25H33ClN4O4S2/c1-17-20-14-18(26)8-9-22(20)35-25(17)36(33,34)27-21-7-5-12-29(24(21)32)16-23(31)30-13-4-6-19(30)15-28-10-2-3-11-28/h8-9,14,19,21,27H,2-7,10-13,15-16H2,1H3/t19-,21-/m0/s1. The number of piperidine rings is 1. The highest BCUT2D eigenvalue weighted by atomic mass is 35.5. The SMILES string of the molecule is Cc1c(S(=O)(=O)N[C@H]2CCCN(CC(=O)N3CCC[C@H]3CN3CCCC3)C2=O)sc2ccc(Cl)cc12. The van der Waals surface area contributed by atoms with Crippen LogP contribution in [0.15, 0.2) is 22.4 Å². The van der Waals surface area contributed by atoms with Crippen molar-refractivity contribution in [2.24, 2.45) is 0 Å². The van der Waals surface area contributed by atoms with Gasteiger partial charge < -0.3 is 14.7 Å². The Hall–Kier alpha value is -1.72. The van der Waals surface area contributed by atoms with Crippen LogP contribution in [0.25, 0.3) is 10.1 Å². The largest absolute Gasteiger partial charge is 0.337 e. The second-order valence-electron chi connectivity index (χ2n) is 10.1. The van der Waals surface area contributed by atoms with Gasteiger partial charge in [-0.3, -0.25) is 9.59 Å². The Morgan fingerprint density at radius 1 is 1.11 bits per heavy atom. The fourth-order valence-electron chi connectivity index (χ4n) is 5.75. The molecule has 0 spiro atoms. The van der Waals surface area contributed by atoms with E-state index >= 15 is 0 Å². The van der Waals surface area contributed by atoms with Crippen molar-refractivity contribution in [3.05, 3.63) is 28.8 Å². The first kappa shape index (κ1) is 25.9. The lowest BCUT2D eigenvalue weighted by Gasteiger charge is -2.34. The minimum Gasteiger partial charge on any atom is -0.337 e. The molecule has 4 heterocycles. The molecular formula is C25H33ClN4O4S2. The Bertz CT molecular complexity index is 1260. The third kappa shape index (κ3) is 5.29. The molecule has 0 saturated carbocycles. The van der Waals surface area contributed by atoms with Crippen molar-refractivity contribution in [3.63, 3.8) is 0 Å². The number of amides is 2. The molecule has 8 nitrogen and oxygen atoms in total.